The van der Waals surface area contributed by atoms with Gasteiger partial charge >= 0.3 is 0 Å². The number of hydrogen-bond donors (Lipinski definition) is 1. The Morgan fingerprint density at radius 3 is 2.04 bits per heavy atom. The van der Waals surface area contributed by atoms with Crippen molar-refractivity contribution in [3.05, 3.63) is 0 Å². The van der Waals surface area contributed by atoms with Gasteiger partial charge in [0, 0.05) is 24.4 Å². The molecule has 1 atom stereocenters. The van der Waals surface area contributed by atoms with E-state index >= 15 is 0 Å². The lowest BCUT2D eigenvalue weighted by atomic mass is 9.47. The fourth-order valence-electron chi connectivity index (χ4n) is 7.60. The minimum absolute atomic E-state index is 0.00840. The monoisotopic (exact) mass is 388 g/mol. The summed E-state index contributed by atoms with van der Waals surface area (Å²) < 4.78 is 5.47. The van der Waals surface area contributed by atoms with Crippen molar-refractivity contribution in [2.24, 2.45) is 29.1 Å². The second-order valence-electron chi connectivity index (χ2n) is 10.5. The van der Waals surface area contributed by atoms with Crippen molar-refractivity contribution in [1.29, 1.82) is 0 Å². The SMILES string of the molecule is O=C(N[C@H](C(=O)N1CCOCC1)C12CC3CC(CC(C3)C1)C2)C1CCCCC1. The van der Waals surface area contributed by atoms with Crippen LogP contribution in [0.2, 0.25) is 0 Å². The van der Waals surface area contributed by atoms with E-state index in [1.54, 1.807) is 0 Å². The first kappa shape index (κ1) is 18.9. The number of nitrogens with one attached hydrogen (secondary N) is 1. The number of carbonyl (C=O) groups is 2. The quantitative estimate of drug-likeness (QED) is 0.805. The van der Waals surface area contributed by atoms with Gasteiger partial charge in [-0.2, -0.15) is 0 Å². The van der Waals surface area contributed by atoms with Crippen molar-refractivity contribution < 1.29 is 14.3 Å². The number of nitrogens with zero attached hydrogens (tertiary/aromatic N) is 1. The van der Waals surface area contributed by atoms with Crippen LogP contribution in [0.15, 0.2) is 0 Å². The minimum atomic E-state index is -0.312. The molecule has 28 heavy (non-hydrogen) atoms. The van der Waals surface area contributed by atoms with E-state index in [1.165, 1.54) is 25.7 Å². The Balaban J connectivity index is 1.39. The second-order valence-corrected chi connectivity index (χ2v) is 10.5. The lowest BCUT2D eigenvalue weighted by molar-refractivity contribution is -0.153. The predicted molar refractivity (Wildman–Crippen MR) is 107 cm³/mol. The van der Waals surface area contributed by atoms with E-state index in [9.17, 15) is 9.59 Å². The number of hydrogen-bond acceptors (Lipinski definition) is 3. The molecule has 0 radical (unpaired) electrons. The van der Waals surface area contributed by atoms with Crippen LogP contribution in [0.1, 0.15) is 70.6 Å². The lowest BCUT2D eigenvalue weighted by Gasteiger charge is -2.59. The minimum Gasteiger partial charge on any atom is -0.378 e. The Morgan fingerprint density at radius 1 is 0.893 bits per heavy atom. The highest BCUT2D eigenvalue weighted by molar-refractivity contribution is 5.89. The van der Waals surface area contributed by atoms with Crippen LogP contribution in [-0.4, -0.2) is 49.1 Å². The average Bonchev–Trinajstić information content (AvgIpc) is 2.71. The zero-order valence-corrected chi connectivity index (χ0v) is 17.2. The summed E-state index contributed by atoms with van der Waals surface area (Å²) in [6.07, 6.45) is 13.0. The smallest absolute Gasteiger partial charge is 0.245 e. The molecule has 0 unspecified atom stereocenters. The summed E-state index contributed by atoms with van der Waals surface area (Å²) >= 11 is 0. The molecule has 0 spiro atoms. The summed E-state index contributed by atoms with van der Waals surface area (Å²) in [7, 11) is 0. The van der Waals surface area contributed by atoms with Crippen molar-refractivity contribution in [3.63, 3.8) is 0 Å². The molecule has 5 nitrogen and oxygen atoms in total. The van der Waals surface area contributed by atoms with E-state index < -0.39 is 0 Å². The van der Waals surface area contributed by atoms with Crippen molar-refractivity contribution in [2.75, 3.05) is 26.3 Å². The first-order valence-corrected chi connectivity index (χ1v) is 11.8. The molecule has 1 heterocycles. The number of amides is 2. The molecule has 0 aromatic rings. The maximum atomic E-state index is 13.7. The third-order valence-corrected chi connectivity index (χ3v) is 8.53. The summed E-state index contributed by atoms with van der Waals surface area (Å²) in [5.74, 6) is 2.77. The zero-order chi connectivity index (χ0) is 19.1. The summed E-state index contributed by atoms with van der Waals surface area (Å²) in [6.45, 7) is 2.58. The van der Waals surface area contributed by atoms with Crippen molar-refractivity contribution in [1.82, 2.24) is 10.2 Å². The Labute approximate surface area is 168 Å². The largest absolute Gasteiger partial charge is 0.378 e. The summed E-state index contributed by atoms with van der Waals surface area (Å²) in [6, 6.07) is -0.312. The van der Waals surface area contributed by atoms with Gasteiger partial charge in [-0.1, -0.05) is 19.3 Å². The van der Waals surface area contributed by atoms with Crippen LogP contribution in [-0.2, 0) is 14.3 Å². The van der Waals surface area contributed by atoms with Gasteiger partial charge in [0.15, 0.2) is 0 Å². The van der Waals surface area contributed by atoms with E-state index in [2.05, 4.69) is 5.32 Å². The highest BCUT2D eigenvalue weighted by Crippen LogP contribution is 2.61. The van der Waals surface area contributed by atoms with Gasteiger partial charge in [-0.25, -0.2) is 0 Å². The van der Waals surface area contributed by atoms with Crippen molar-refractivity contribution in [2.45, 2.75) is 76.7 Å². The van der Waals surface area contributed by atoms with Gasteiger partial charge in [0.05, 0.1) is 13.2 Å². The number of ether oxygens (including phenoxy) is 1. The van der Waals surface area contributed by atoms with Crippen molar-refractivity contribution in [3.8, 4) is 0 Å². The number of rotatable bonds is 4. The molecular weight excluding hydrogens is 352 g/mol. The molecule has 6 rings (SSSR count). The molecule has 0 aromatic heterocycles. The molecule has 6 fully saturated rings. The van der Waals surface area contributed by atoms with Gasteiger partial charge in [0.2, 0.25) is 11.8 Å². The van der Waals surface area contributed by atoms with Gasteiger partial charge in [-0.3, -0.25) is 9.59 Å². The van der Waals surface area contributed by atoms with Crippen molar-refractivity contribution >= 4 is 11.8 Å². The Morgan fingerprint density at radius 2 is 1.46 bits per heavy atom. The summed E-state index contributed by atoms with van der Waals surface area (Å²) in [5.41, 5.74) is 0.00840. The maximum Gasteiger partial charge on any atom is 0.245 e. The molecule has 4 bridgehead atoms. The molecule has 5 aliphatic carbocycles. The van der Waals surface area contributed by atoms with Crippen LogP contribution in [0.5, 0.6) is 0 Å². The van der Waals surface area contributed by atoms with E-state index in [1.807, 2.05) is 4.90 Å². The molecule has 5 heteroatoms. The summed E-state index contributed by atoms with van der Waals surface area (Å²) in [4.78, 5) is 28.8. The van der Waals surface area contributed by atoms with Gasteiger partial charge < -0.3 is 15.0 Å². The summed E-state index contributed by atoms with van der Waals surface area (Å²) in [5, 5.41) is 3.37. The molecule has 6 aliphatic rings. The van der Waals surface area contributed by atoms with Crippen LogP contribution in [0.3, 0.4) is 0 Å². The van der Waals surface area contributed by atoms with Gasteiger partial charge in [0.25, 0.3) is 0 Å². The first-order valence-electron chi connectivity index (χ1n) is 11.8. The zero-order valence-electron chi connectivity index (χ0n) is 17.2. The van der Waals surface area contributed by atoms with E-state index in [0.717, 1.165) is 62.7 Å². The van der Waals surface area contributed by atoms with Crippen LogP contribution in [0.25, 0.3) is 0 Å². The van der Waals surface area contributed by atoms with E-state index in [4.69, 9.17) is 4.74 Å². The average molecular weight is 389 g/mol. The topological polar surface area (TPSA) is 58.6 Å². The third-order valence-electron chi connectivity index (χ3n) is 8.53. The van der Waals surface area contributed by atoms with Gasteiger partial charge in [-0.15, -0.1) is 0 Å². The second kappa shape index (κ2) is 7.62. The van der Waals surface area contributed by atoms with Crippen LogP contribution in [0.4, 0.5) is 0 Å². The maximum absolute atomic E-state index is 13.7. The molecule has 156 valence electrons. The fraction of sp³-hybridized carbons (Fsp3) is 0.913. The third kappa shape index (κ3) is 3.48. The molecule has 2 amide bonds. The Bertz CT molecular complexity index is 572. The van der Waals surface area contributed by atoms with E-state index in [-0.39, 0.29) is 29.2 Å². The molecular formula is C23H36N2O3. The van der Waals surface area contributed by atoms with Crippen LogP contribution < -0.4 is 5.32 Å². The predicted octanol–water partition coefficient (Wildman–Crippen LogP) is 3.13. The highest BCUT2D eigenvalue weighted by Gasteiger charge is 2.57. The molecule has 1 saturated heterocycles. The number of carbonyl (C=O) groups excluding carboxylic acids is 2. The molecule has 0 aromatic carbocycles. The molecule has 1 N–H and O–H groups in total. The van der Waals surface area contributed by atoms with Crippen LogP contribution in [0, 0.1) is 29.1 Å². The lowest BCUT2D eigenvalue weighted by Crippen LogP contribution is -2.63. The fourth-order valence-corrected chi connectivity index (χ4v) is 7.60. The van der Waals surface area contributed by atoms with Gasteiger partial charge in [-0.05, 0) is 69.1 Å². The van der Waals surface area contributed by atoms with Crippen LogP contribution >= 0.6 is 0 Å². The van der Waals surface area contributed by atoms with E-state index in [0.29, 0.717) is 26.3 Å². The molecule has 5 saturated carbocycles. The molecule has 1 aliphatic heterocycles. The number of morpholine rings is 1. The Hall–Kier alpha value is -1.10. The first-order chi connectivity index (χ1) is 13.6. The normalized spacial score (nSPS) is 39.0. The van der Waals surface area contributed by atoms with Gasteiger partial charge in [0.1, 0.15) is 6.04 Å². The Kier molecular flexibility index (Phi) is 5.14. The highest BCUT2D eigenvalue weighted by atomic mass is 16.5. The standard InChI is InChI=1S/C23H36N2O3/c26-21(19-4-2-1-3-5-19)24-20(22(27)25-6-8-28-9-7-25)23-13-16-10-17(14-23)12-18(11-16)15-23/h16-20H,1-15H2,(H,24,26)/t16?,17?,18?,20-,23?/m1/s1.